The molecule has 0 amide bonds. The van der Waals surface area contributed by atoms with Crippen molar-refractivity contribution in [1.29, 1.82) is 0 Å². The van der Waals surface area contributed by atoms with Crippen LogP contribution in [0.1, 0.15) is 19.8 Å². The second-order valence-corrected chi connectivity index (χ2v) is 2.82. The molecular weight excluding hydrogens is 168 g/mol. The maximum absolute atomic E-state index is 10.8. The predicted molar refractivity (Wildman–Crippen MR) is 51.2 cm³/mol. The Kier molecular flexibility index (Phi) is 5.89. The molecule has 0 rings (SSSR count). The van der Waals surface area contributed by atoms with Gasteiger partial charge in [-0.15, -0.1) is 6.58 Å². The molecule has 74 valence electrons. The lowest BCUT2D eigenvalue weighted by Gasteiger charge is -2.05. The number of hydrogen-bond donors (Lipinski definition) is 1. The van der Waals surface area contributed by atoms with Gasteiger partial charge in [0.25, 0.3) is 0 Å². The van der Waals surface area contributed by atoms with Crippen molar-refractivity contribution < 1.29 is 14.6 Å². The van der Waals surface area contributed by atoms with Crippen molar-refractivity contribution in [1.82, 2.24) is 0 Å². The van der Waals surface area contributed by atoms with Crippen LogP contribution >= 0.6 is 0 Å². The number of rotatable bonds is 5. The fraction of sp³-hybridized carbons (Fsp3) is 0.500. The first-order chi connectivity index (χ1) is 6.11. The SMILES string of the molecule is C=CC/C(C)=C\C[C@H](O)C(=O)OC. The van der Waals surface area contributed by atoms with Crippen LogP contribution in [0.4, 0.5) is 0 Å². The van der Waals surface area contributed by atoms with Crippen LogP contribution in [0.3, 0.4) is 0 Å². The summed E-state index contributed by atoms with van der Waals surface area (Å²) in [5.74, 6) is -0.595. The highest BCUT2D eigenvalue weighted by molar-refractivity contribution is 5.74. The summed E-state index contributed by atoms with van der Waals surface area (Å²) in [6.07, 6.45) is 3.60. The Morgan fingerprint density at radius 3 is 2.77 bits per heavy atom. The molecule has 0 saturated heterocycles. The predicted octanol–water partition coefficient (Wildman–Crippen LogP) is 1.43. The van der Waals surface area contributed by atoms with E-state index in [9.17, 15) is 9.90 Å². The van der Waals surface area contributed by atoms with Crippen LogP contribution < -0.4 is 0 Å². The highest BCUT2D eigenvalue weighted by Crippen LogP contribution is 2.04. The van der Waals surface area contributed by atoms with E-state index in [4.69, 9.17) is 0 Å². The molecule has 3 nitrogen and oxygen atoms in total. The molecule has 1 atom stereocenters. The van der Waals surface area contributed by atoms with Gasteiger partial charge in [0.2, 0.25) is 0 Å². The van der Waals surface area contributed by atoms with Gasteiger partial charge in [0, 0.05) is 6.42 Å². The normalized spacial score (nSPS) is 13.6. The van der Waals surface area contributed by atoms with Gasteiger partial charge in [0.05, 0.1) is 7.11 Å². The van der Waals surface area contributed by atoms with Crippen molar-refractivity contribution >= 4 is 5.97 Å². The van der Waals surface area contributed by atoms with Gasteiger partial charge >= 0.3 is 5.97 Å². The lowest BCUT2D eigenvalue weighted by molar-refractivity contribution is -0.150. The quantitative estimate of drug-likeness (QED) is 0.519. The van der Waals surface area contributed by atoms with E-state index in [2.05, 4.69) is 11.3 Å². The molecule has 0 aliphatic carbocycles. The van der Waals surface area contributed by atoms with Gasteiger partial charge < -0.3 is 9.84 Å². The summed E-state index contributed by atoms with van der Waals surface area (Å²) in [4.78, 5) is 10.8. The standard InChI is InChI=1S/C10H16O3/c1-4-5-8(2)6-7-9(11)10(12)13-3/h4,6,9,11H,1,5,7H2,2-3H3/b8-6-/t9-/m0/s1. The molecule has 3 heteroatoms. The zero-order chi connectivity index (χ0) is 10.3. The smallest absolute Gasteiger partial charge is 0.335 e. The first kappa shape index (κ1) is 11.9. The Morgan fingerprint density at radius 1 is 1.69 bits per heavy atom. The first-order valence-electron chi connectivity index (χ1n) is 4.14. The second-order valence-electron chi connectivity index (χ2n) is 2.82. The van der Waals surface area contributed by atoms with Crippen molar-refractivity contribution in [2.24, 2.45) is 0 Å². The van der Waals surface area contributed by atoms with Gasteiger partial charge in [-0.2, -0.15) is 0 Å². The Hall–Kier alpha value is -1.09. The summed E-state index contributed by atoms with van der Waals surface area (Å²) in [5.41, 5.74) is 1.08. The zero-order valence-corrected chi connectivity index (χ0v) is 8.12. The molecule has 0 aliphatic rings. The number of methoxy groups -OCH3 is 1. The van der Waals surface area contributed by atoms with E-state index in [0.29, 0.717) is 6.42 Å². The Balaban J connectivity index is 3.92. The van der Waals surface area contributed by atoms with Crippen molar-refractivity contribution in [3.8, 4) is 0 Å². The Bertz CT molecular complexity index is 206. The number of carbonyl (C=O) groups excluding carboxylic acids is 1. The van der Waals surface area contributed by atoms with Crippen molar-refractivity contribution in [2.45, 2.75) is 25.9 Å². The third-order valence-corrected chi connectivity index (χ3v) is 1.63. The summed E-state index contributed by atoms with van der Waals surface area (Å²) in [5, 5.41) is 9.19. The molecule has 0 aromatic heterocycles. The molecule has 0 aromatic rings. The van der Waals surface area contributed by atoms with E-state index >= 15 is 0 Å². The molecular formula is C10H16O3. The average Bonchev–Trinajstić information content (AvgIpc) is 2.13. The summed E-state index contributed by atoms with van der Waals surface area (Å²) in [7, 11) is 1.26. The van der Waals surface area contributed by atoms with Gasteiger partial charge in [0.15, 0.2) is 6.10 Å². The molecule has 13 heavy (non-hydrogen) atoms. The summed E-state index contributed by atoms with van der Waals surface area (Å²) >= 11 is 0. The summed E-state index contributed by atoms with van der Waals surface area (Å²) in [6, 6.07) is 0. The molecule has 0 aromatic carbocycles. The fourth-order valence-corrected chi connectivity index (χ4v) is 0.856. The topological polar surface area (TPSA) is 46.5 Å². The van der Waals surface area contributed by atoms with Gasteiger partial charge in [-0.25, -0.2) is 4.79 Å². The van der Waals surface area contributed by atoms with E-state index in [-0.39, 0.29) is 0 Å². The fourth-order valence-electron chi connectivity index (χ4n) is 0.856. The van der Waals surface area contributed by atoms with Gasteiger partial charge in [-0.05, 0) is 13.3 Å². The maximum Gasteiger partial charge on any atom is 0.335 e. The lowest BCUT2D eigenvalue weighted by Crippen LogP contribution is -2.20. The first-order valence-corrected chi connectivity index (χ1v) is 4.14. The molecule has 0 unspecified atom stereocenters. The van der Waals surface area contributed by atoms with Crippen molar-refractivity contribution in [3.05, 3.63) is 24.3 Å². The van der Waals surface area contributed by atoms with Gasteiger partial charge in [-0.1, -0.05) is 17.7 Å². The molecule has 0 spiro atoms. The third-order valence-electron chi connectivity index (χ3n) is 1.63. The van der Waals surface area contributed by atoms with Crippen LogP contribution in [0, 0.1) is 0 Å². The number of ether oxygens (including phenoxy) is 1. The van der Waals surface area contributed by atoms with E-state index in [1.165, 1.54) is 7.11 Å². The number of carbonyl (C=O) groups is 1. The summed E-state index contributed by atoms with van der Waals surface area (Å²) < 4.78 is 4.37. The number of aliphatic hydroxyl groups excluding tert-OH is 1. The molecule has 0 heterocycles. The minimum atomic E-state index is -1.05. The maximum atomic E-state index is 10.8. The van der Waals surface area contributed by atoms with Crippen molar-refractivity contribution in [3.63, 3.8) is 0 Å². The van der Waals surface area contributed by atoms with Gasteiger partial charge in [-0.3, -0.25) is 0 Å². The second kappa shape index (κ2) is 6.43. The number of esters is 1. The number of allylic oxidation sites excluding steroid dienone is 2. The Morgan fingerprint density at radius 2 is 2.31 bits per heavy atom. The molecule has 0 saturated carbocycles. The minimum Gasteiger partial charge on any atom is -0.467 e. The van der Waals surface area contributed by atoms with Crippen LogP contribution in [0.25, 0.3) is 0 Å². The monoisotopic (exact) mass is 184 g/mol. The average molecular weight is 184 g/mol. The molecule has 1 N–H and O–H groups in total. The minimum absolute atomic E-state index is 0.298. The molecule has 0 bridgehead atoms. The zero-order valence-electron chi connectivity index (χ0n) is 8.12. The number of aliphatic hydroxyl groups is 1. The largest absolute Gasteiger partial charge is 0.467 e. The van der Waals surface area contributed by atoms with E-state index in [0.717, 1.165) is 12.0 Å². The highest BCUT2D eigenvalue weighted by Gasteiger charge is 2.12. The molecule has 0 radical (unpaired) electrons. The van der Waals surface area contributed by atoms with E-state index in [1.54, 1.807) is 6.08 Å². The number of hydrogen-bond acceptors (Lipinski definition) is 3. The van der Waals surface area contributed by atoms with E-state index in [1.807, 2.05) is 13.0 Å². The van der Waals surface area contributed by atoms with Crippen molar-refractivity contribution in [2.75, 3.05) is 7.11 Å². The molecule has 0 fully saturated rings. The highest BCUT2D eigenvalue weighted by atomic mass is 16.5. The van der Waals surface area contributed by atoms with E-state index < -0.39 is 12.1 Å². The van der Waals surface area contributed by atoms with Crippen LogP contribution in [0.15, 0.2) is 24.3 Å². The van der Waals surface area contributed by atoms with Crippen LogP contribution in [-0.4, -0.2) is 24.3 Å². The van der Waals surface area contributed by atoms with Crippen LogP contribution in [0.2, 0.25) is 0 Å². The lowest BCUT2D eigenvalue weighted by atomic mass is 10.1. The molecule has 0 aliphatic heterocycles. The van der Waals surface area contributed by atoms with Crippen LogP contribution in [-0.2, 0) is 9.53 Å². The Labute approximate surface area is 78.7 Å². The van der Waals surface area contributed by atoms with Crippen LogP contribution in [0.5, 0.6) is 0 Å². The van der Waals surface area contributed by atoms with Gasteiger partial charge in [0.1, 0.15) is 0 Å². The summed E-state index contributed by atoms with van der Waals surface area (Å²) in [6.45, 7) is 5.51. The third kappa shape index (κ3) is 5.20.